The third-order valence-electron chi connectivity index (χ3n) is 1.28. The molecule has 0 aromatic heterocycles. The fourth-order valence-electron chi connectivity index (χ4n) is 0.811. The summed E-state index contributed by atoms with van der Waals surface area (Å²) in [6.07, 6.45) is 0.987. The van der Waals surface area contributed by atoms with Gasteiger partial charge >= 0.3 is 35.0 Å². The Bertz CT molecular complexity index is 182. The number of hydrogen-bond acceptors (Lipinski definition) is 1. The molecule has 0 unspecified atom stereocenters. The van der Waals surface area contributed by atoms with Gasteiger partial charge in [0.25, 0.3) is 0 Å². The number of hydrogen-bond donors (Lipinski definition) is 1. The van der Waals surface area contributed by atoms with E-state index in [0.29, 0.717) is 0 Å². The van der Waals surface area contributed by atoms with Gasteiger partial charge in [0.1, 0.15) is 0 Å². The molecule has 0 spiro atoms. The zero-order chi connectivity index (χ0) is 9.23. The van der Waals surface area contributed by atoms with Gasteiger partial charge in [-0.15, -0.1) is 0 Å². The summed E-state index contributed by atoms with van der Waals surface area (Å²) >= 11 is -0.106. The Labute approximate surface area is 89.3 Å². The first-order valence-corrected chi connectivity index (χ1v) is 7.42. The van der Waals surface area contributed by atoms with E-state index < -0.39 is 0 Å². The van der Waals surface area contributed by atoms with E-state index in [1.165, 1.54) is 5.56 Å². The molecule has 0 saturated carbocycles. The molecule has 0 amide bonds. The van der Waals surface area contributed by atoms with Crippen molar-refractivity contribution in [3.8, 4) is 0 Å². The Morgan fingerprint density at radius 3 is 2.08 bits per heavy atom. The van der Waals surface area contributed by atoms with Crippen molar-refractivity contribution in [3.05, 3.63) is 35.9 Å². The molecule has 72 valence electrons. The van der Waals surface area contributed by atoms with Crippen LogP contribution in [-0.2, 0) is 22.4 Å². The minimum atomic E-state index is -0.106. The van der Waals surface area contributed by atoms with Crippen LogP contribution in [0.15, 0.2) is 30.3 Å². The molecule has 0 aliphatic heterocycles. The van der Waals surface area contributed by atoms with Crippen LogP contribution in [0.4, 0.5) is 0 Å². The first-order valence-electron chi connectivity index (χ1n) is 3.41. The van der Waals surface area contributed by atoms with E-state index in [2.05, 4.69) is 12.1 Å². The predicted octanol–water partition coefficient (Wildman–Crippen LogP) is 2.56. The van der Waals surface area contributed by atoms with Crippen molar-refractivity contribution in [3.63, 3.8) is 0 Å². The molecule has 1 rings (SSSR count). The number of rotatable bonds is 2. The van der Waals surface area contributed by atoms with Crippen molar-refractivity contribution in [2.24, 2.45) is 5.73 Å². The van der Waals surface area contributed by atoms with E-state index in [1.54, 1.807) is 0 Å². The average molecular weight is 299 g/mol. The SMILES string of the molecule is NCCc1ccccc1.[Cl][Pd][Cl]. The van der Waals surface area contributed by atoms with Crippen molar-refractivity contribution in [1.82, 2.24) is 0 Å². The zero-order valence-corrected chi connectivity index (χ0v) is 9.52. The minimum absolute atomic E-state index is 0.106. The van der Waals surface area contributed by atoms with Gasteiger partial charge < -0.3 is 5.73 Å². The summed E-state index contributed by atoms with van der Waals surface area (Å²) in [5, 5.41) is 0. The molecule has 2 N–H and O–H groups in total. The molecule has 0 aliphatic rings. The van der Waals surface area contributed by atoms with Crippen LogP contribution in [0, 0.1) is 0 Å². The summed E-state index contributed by atoms with van der Waals surface area (Å²) in [5.41, 5.74) is 6.68. The molecule has 1 nitrogen and oxygen atoms in total. The Morgan fingerprint density at radius 2 is 1.67 bits per heavy atom. The van der Waals surface area contributed by atoms with Crippen LogP contribution in [-0.4, -0.2) is 6.54 Å². The van der Waals surface area contributed by atoms with Crippen molar-refractivity contribution >= 4 is 19.1 Å². The van der Waals surface area contributed by atoms with Gasteiger partial charge in [0.2, 0.25) is 0 Å². The van der Waals surface area contributed by atoms with Crippen molar-refractivity contribution in [2.75, 3.05) is 6.54 Å². The Hall–Kier alpha value is 0.422. The molecular formula is C8H11Cl2NPd. The average Bonchev–Trinajstić information content (AvgIpc) is 2.08. The number of nitrogens with two attached hydrogens (primary N) is 1. The molecule has 1 aromatic carbocycles. The van der Waals surface area contributed by atoms with Gasteiger partial charge in [0.05, 0.1) is 0 Å². The van der Waals surface area contributed by atoms with Crippen LogP contribution >= 0.6 is 19.1 Å². The van der Waals surface area contributed by atoms with Crippen molar-refractivity contribution < 1.29 is 15.9 Å². The molecule has 0 heterocycles. The molecule has 1 aromatic rings. The molecule has 0 aliphatic carbocycles. The molecular weight excluding hydrogens is 287 g/mol. The van der Waals surface area contributed by atoms with Gasteiger partial charge in [-0.1, -0.05) is 30.3 Å². The molecule has 0 bridgehead atoms. The van der Waals surface area contributed by atoms with Crippen LogP contribution < -0.4 is 5.73 Å². The van der Waals surface area contributed by atoms with Crippen LogP contribution in [0.2, 0.25) is 0 Å². The Morgan fingerprint density at radius 1 is 1.17 bits per heavy atom. The summed E-state index contributed by atoms with van der Waals surface area (Å²) in [6, 6.07) is 10.3. The van der Waals surface area contributed by atoms with E-state index in [0.717, 1.165) is 13.0 Å². The second-order valence-corrected chi connectivity index (χ2v) is 4.43. The standard InChI is InChI=1S/C8H11N.2ClH.Pd/c9-7-6-8-4-2-1-3-5-8;;;/h1-5H,6-7,9H2;2*1H;/q;;;+2/p-2. The Kier molecular flexibility index (Phi) is 9.84. The summed E-state index contributed by atoms with van der Waals surface area (Å²) in [5.74, 6) is 0. The zero-order valence-electron chi connectivity index (χ0n) is 6.45. The van der Waals surface area contributed by atoms with E-state index >= 15 is 0 Å². The molecule has 4 heteroatoms. The number of halogens is 2. The fourth-order valence-corrected chi connectivity index (χ4v) is 0.811. The normalized spacial score (nSPS) is 8.92. The third kappa shape index (κ3) is 7.09. The van der Waals surface area contributed by atoms with E-state index in [1.807, 2.05) is 18.2 Å². The molecule has 0 fully saturated rings. The molecule has 0 radical (unpaired) electrons. The quantitative estimate of drug-likeness (QED) is 0.835. The monoisotopic (exact) mass is 297 g/mol. The summed E-state index contributed by atoms with van der Waals surface area (Å²) < 4.78 is 0. The second-order valence-electron chi connectivity index (χ2n) is 2.07. The second kappa shape index (κ2) is 9.51. The maximum atomic E-state index is 5.36. The molecule has 12 heavy (non-hydrogen) atoms. The summed E-state index contributed by atoms with van der Waals surface area (Å²) in [6.45, 7) is 0.740. The molecule has 0 atom stereocenters. The van der Waals surface area contributed by atoms with E-state index in [9.17, 15) is 0 Å². The maximum absolute atomic E-state index is 5.36. The van der Waals surface area contributed by atoms with Gasteiger partial charge in [-0.3, -0.25) is 0 Å². The fraction of sp³-hybridized carbons (Fsp3) is 0.250. The Balaban J connectivity index is 0.000000354. The van der Waals surface area contributed by atoms with E-state index in [-0.39, 0.29) is 15.9 Å². The van der Waals surface area contributed by atoms with Crippen LogP contribution in [0.3, 0.4) is 0 Å². The van der Waals surface area contributed by atoms with Gasteiger partial charge in [-0.05, 0) is 18.5 Å². The first-order chi connectivity index (χ1) is 5.85. The topological polar surface area (TPSA) is 26.0 Å². The van der Waals surface area contributed by atoms with Gasteiger partial charge in [-0.2, -0.15) is 0 Å². The summed E-state index contributed by atoms with van der Waals surface area (Å²) in [7, 11) is 9.63. The first kappa shape index (κ1) is 12.4. The van der Waals surface area contributed by atoms with Crippen molar-refractivity contribution in [2.45, 2.75) is 6.42 Å². The van der Waals surface area contributed by atoms with Crippen LogP contribution in [0.25, 0.3) is 0 Å². The third-order valence-corrected chi connectivity index (χ3v) is 1.28. The van der Waals surface area contributed by atoms with Crippen LogP contribution in [0.5, 0.6) is 0 Å². The van der Waals surface area contributed by atoms with Crippen LogP contribution in [0.1, 0.15) is 5.56 Å². The van der Waals surface area contributed by atoms with Gasteiger partial charge in [-0.25, -0.2) is 0 Å². The molecule has 0 saturated heterocycles. The van der Waals surface area contributed by atoms with Gasteiger partial charge in [0, 0.05) is 0 Å². The van der Waals surface area contributed by atoms with E-state index in [4.69, 9.17) is 24.8 Å². The summed E-state index contributed by atoms with van der Waals surface area (Å²) in [4.78, 5) is 0. The van der Waals surface area contributed by atoms with Gasteiger partial charge in [0.15, 0.2) is 0 Å². The number of benzene rings is 1. The predicted molar refractivity (Wildman–Crippen MR) is 50.9 cm³/mol. The van der Waals surface area contributed by atoms with Crippen molar-refractivity contribution in [1.29, 1.82) is 0 Å².